The summed E-state index contributed by atoms with van der Waals surface area (Å²) in [5, 5.41) is 7.68. The Bertz CT molecular complexity index is 901. The van der Waals surface area contributed by atoms with Crippen LogP contribution < -0.4 is 0 Å². The fourth-order valence-electron chi connectivity index (χ4n) is 3.46. The fourth-order valence-corrected chi connectivity index (χ4v) is 4.09. The third kappa shape index (κ3) is 3.14. The minimum absolute atomic E-state index is 0.0659. The monoisotopic (exact) mass is 372 g/mol. The minimum atomic E-state index is -0.790. The summed E-state index contributed by atoms with van der Waals surface area (Å²) in [6.45, 7) is -0.0659. The summed E-state index contributed by atoms with van der Waals surface area (Å²) in [7, 11) is 0. The number of carbonyl (C=O) groups excluding carboxylic acids is 1. The first-order valence-electron chi connectivity index (χ1n) is 8.46. The molecule has 5 nitrogen and oxygen atoms in total. The van der Waals surface area contributed by atoms with Gasteiger partial charge in [-0.15, -0.1) is 0 Å². The molecular weight excluding hydrogens is 355 g/mol. The van der Waals surface area contributed by atoms with E-state index in [9.17, 15) is 9.18 Å². The normalized spacial score (nSPS) is 15.9. The molecule has 26 heavy (non-hydrogen) atoms. The van der Waals surface area contributed by atoms with Crippen molar-refractivity contribution in [2.24, 2.45) is 0 Å². The lowest BCUT2D eigenvalue weighted by Gasteiger charge is -2.27. The van der Waals surface area contributed by atoms with Crippen LogP contribution in [0.15, 0.2) is 45.6 Å². The maximum Gasteiger partial charge on any atom is 0.317 e. The molecular formula is C19H17FN2O3S. The molecule has 3 aromatic rings. The van der Waals surface area contributed by atoms with Crippen LogP contribution in [-0.2, 0) is 21.6 Å². The Balaban J connectivity index is 1.49. The van der Waals surface area contributed by atoms with Gasteiger partial charge >= 0.3 is 5.97 Å². The maximum atomic E-state index is 13.7. The molecule has 1 aliphatic carbocycles. The van der Waals surface area contributed by atoms with Gasteiger partial charge in [-0.2, -0.15) is 16.3 Å². The van der Waals surface area contributed by atoms with Crippen molar-refractivity contribution in [3.8, 4) is 11.5 Å². The van der Waals surface area contributed by atoms with Gasteiger partial charge in [0.05, 0.1) is 11.0 Å². The van der Waals surface area contributed by atoms with Crippen molar-refractivity contribution in [2.75, 3.05) is 0 Å². The van der Waals surface area contributed by atoms with E-state index in [1.807, 2.05) is 16.8 Å². The lowest BCUT2D eigenvalue weighted by Crippen LogP contribution is -2.34. The van der Waals surface area contributed by atoms with Crippen LogP contribution in [0, 0.1) is 5.82 Å². The summed E-state index contributed by atoms with van der Waals surface area (Å²) in [5.41, 5.74) is 0.723. The van der Waals surface area contributed by atoms with Gasteiger partial charge in [0.25, 0.3) is 5.89 Å². The van der Waals surface area contributed by atoms with Crippen molar-refractivity contribution < 1.29 is 18.4 Å². The molecule has 134 valence electrons. The fraction of sp³-hybridized carbons (Fsp3) is 0.316. The lowest BCUT2D eigenvalue weighted by molar-refractivity contribution is -0.152. The van der Waals surface area contributed by atoms with Crippen LogP contribution in [0.5, 0.6) is 0 Å². The van der Waals surface area contributed by atoms with E-state index in [2.05, 4.69) is 10.1 Å². The Morgan fingerprint density at radius 2 is 2.15 bits per heavy atom. The van der Waals surface area contributed by atoms with E-state index in [1.165, 1.54) is 23.5 Å². The van der Waals surface area contributed by atoms with E-state index < -0.39 is 5.41 Å². The van der Waals surface area contributed by atoms with Crippen molar-refractivity contribution in [2.45, 2.75) is 37.7 Å². The molecule has 0 bridgehead atoms. The second-order valence-electron chi connectivity index (χ2n) is 6.40. The van der Waals surface area contributed by atoms with E-state index in [-0.39, 0.29) is 18.4 Å². The van der Waals surface area contributed by atoms with Gasteiger partial charge in [0.2, 0.25) is 5.82 Å². The predicted molar refractivity (Wildman–Crippen MR) is 94.0 cm³/mol. The molecule has 4 rings (SSSR count). The quantitative estimate of drug-likeness (QED) is 0.617. The van der Waals surface area contributed by atoms with E-state index in [0.29, 0.717) is 30.1 Å². The molecule has 0 amide bonds. The number of aromatic nitrogens is 2. The third-order valence-electron chi connectivity index (χ3n) is 4.79. The lowest BCUT2D eigenvalue weighted by atomic mass is 9.79. The topological polar surface area (TPSA) is 65.2 Å². The molecule has 0 aliphatic heterocycles. The highest BCUT2D eigenvalue weighted by Gasteiger charge is 2.44. The second kappa shape index (κ2) is 6.99. The summed E-state index contributed by atoms with van der Waals surface area (Å²) >= 11 is 1.53. The van der Waals surface area contributed by atoms with Crippen LogP contribution in [0.1, 0.15) is 37.1 Å². The van der Waals surface area contributed by atoms with Gasteiger partial charge in [0, 0.05) is 5.38 Å². The molecule has 2 aromatic heterocycles. The Morgan fingerprint density at radius 1 is 1.31 bits per heavy atom. The Labute approximate surface area is 153 Å². The summed E-state index contributed by atoms with van der Waals surface area (Å²) < 4.78 is 24.4. The first-order chi connectivity index (χ1) is 12.7. The van der Waals surface area contributed by atoms with Crippen LogP contribution in [0.3, 0.4) is 0 Å². The molecule has 0 atom stereocenters. The van der Waals surface area contributed by atoms with Crippen molar-refractivity contribution in [1.82, 2.24) is 10.1 Å². The van der Waals surface area contributed by atoms with Gasteiger partial charge in [-0.05, 0) is 42.0 Å². The Morgan fingerprint density at radius 3 is 2.88 bits per heavy atom. The molecule has 7 heteroatoms. The number of nitrogens with zero attached hydrogens (tertiary/aromatic N) is 2. The second-order valence-corrected chi connectivity index (χ2v) is 7.18. The molecule has 2 heterocycles. The zero-order valence-corrected chi connectivity index (χ0v) is 14.8. The zero-order valence-electron chi connectivity index (χ0n) is 14.0. The third-order valence-corrected chi connectivity index (χ3v) is 5.48. The van der Waals surface area contributed by atoms with Crippen molar-refractivity contribution in [3.05, 3.63) is 58.3 Å². The average molecular weight is 372 g/mol. The SMILES string of the molecule is O=C(OCc1noc(-c2ccsc2)n1)C1(c2cccc(F)c2)CCCC1. The molecule has 1 aliphatic rings. The molecule has 0 unspecified atom stereocenters. The van der Waals surface area contributed by atoms with Crippen molar-refractivity contribution >= 4 is 17.3 Å². The van der Waals surface area contributed by atoms with Gasteiger partial charge in [0.15, 0.2) is 6.61 Å². The number of halogens is 1. The number of hydrogen-bond donors (Lipinski definition) is 0. The molecule has 0 radical (unpaired) electrons. The highest BCUT2D eigenvalue weighted by Crippen LogP contribution is 2.42. The number of benzene rings is 1. The molecule has 0 N–H and O–H groups in total. The standard InChI is InChI=1S/C19H17FN2O3S/c20-15-5-3-4-14(10-15)19(7-1-2-8-19)18(23)24-11-16-21-17(25-22-16)13-6-9-26-12-13/h3-6,9-10,12H,1-2,7-8,11H2. The van der Waals surface area contributed by atoms with Crippen LogP contribution in [0.2, 0.25) is 0 Å². The highest BCUT2D eigenvalue weighted by molar-refractivity contribution is 7.08. The van der Waals surface area contributed by atoms with E-state index in [4.69, 9.17) is 9.26 Å². The molecule has 0 spiro atoms. The number of thiophene rings is 1. The smallest absolute Gasteiger partial charge is 0.317 e. The largest absolute Gasteiger partial charge is 0.457 e. The first kappa shape index (κ1) is 16.9. The molecule has 1 saturated carbocycles. The van der Waals surface area contributed by atoms with Gasteiger partial charge < -0.3 is 9.26 Å². The summed E-state index contributed by atoms with van der Waals surface area (Å²) in [4.78, 5) is 17.1. The molecule has 1 fully saturated rings. The summed E-state index contributed by atoms with van der Waals surface area (Å²) in [6, 6.07) is 8.10. The number of carbonyl (C=O) groups is 1. The number of rotatable bonds is 5. The van der Waals surface area contributed by atoms with Crippen LogP contribution in [0.25, 0.3) is 11.5 Å². The van der Waals surface area contributed by atoms with E-state index in [0.717, 1.165) is 18.4 Å². The van der Waals surface area contributed by atoms with E-state index >= 15 is 0 Å². The summed E-state index contributed by atoms with van der Waals surface area (Å²) in [6.07, 6.45) is 3.13. The number of esters is 1. The van der Waals surface area contributed by atoms with Crippen molar-refractivity contribution in [3.63, 3.8) is 0 Å². The van der Waals surface area contributed by atoms with Gasteiger partial charge in [-0.25, -0.2) is 4.39 Å². The van der Waals surface area contributed by atoms with Crippen LogP contribution in [-0.4, -0.2) is 16.1 Å². The predicted octanol–water partition coefficient (Wildman–Crippen LogP) is 4.49. The maximum absolute atomic E-state index is 13.7. The van der Waals surface area contributed by atoms with Gasteiger partial charge in [0.1, 0.15) is 5.82 Å². The highest BCUT2D eigenvalue weighted by atomic mass is 32.1. The van der Waals surface area contributed by atoms with Crippen LogP contribution in [0.4, 0.5) is 4.39 Å². The Hall–Kier alpha value is -2.54. The molecule has 1 aromatic carbocycles. The zero-order chi connectivity index (χ0) is 18.0. The number of hydrogen-bond acceptors (Lipinski definition) is 6. The van der Waals surface area contributed by atoms with E-state index in [1.54, 1.807) is 12.1 Å². The minimum Gasteiger partial charge on any atom is -0.457 e. The average Bonchev–Trinajstić information content (AvgIpc) is 3.41. The van der Waals surface area contributed by atoms with Gasteiger partial charge in [-0.3, -0.25) is 4.79 Å². The number of ether oxygens (including phenoxy) is 1. The molecule has 0 saturated heterocycles. The van der Waals surface area contributed by atoms with Crippen molar-refractivity contribution in [1.29, 1.82) is 0 Å². The van der Waals surface area contributed by atoms with Gasteiger partial charge in [-0.1, -0.05) is 30.1 Å². The summed E-state index contributed by atoms with van der Waals surface area (Å²) in [5.74, 6) is 0.00702. The van der Waals surface area contributed by atoms with Crippen LogP contribution >= 0.6 is 11.3 Å². The Kier molecular flexibility index (Phi) is 4.55. The first-order valence-corrected chi connectivity index (χ1v) is 9.40.